The van der Waals surface area contributed by atoms with Crippen molar-refractivity contribution in [1.29, 1.82) is 0 Å². The normalized spacial score (nSPS) is 26.4. The number of imide groups is 1. The van der Waals surface area contributed by atoms with Crippen LogP contribution in [0, 0.1) is 5.41 Å². The maximum absolute atomic E-state index is 12.9. The number of hydrogen-bond donors (Lipinski definition) is 2. The Morgan fingerprint density at radius 3 is 2.29 bits per heavy atom. The fraction of sp³-hybridized carbons (Fsp3) is 0.750. The summed E-state index contributed by atoms with van der Waals surface area (Å²) in [5, 5.41) is 6.96. The molecule has 284 valence electrons. The Morgan fingerprint density at radius 2 is 1.57 bits per heavy atom. The number of thioether (sulfide) groups is 1. The number of unbranched alkanes of at least 4 members (excludes halogenated alkanes) is 4. The van der Waals surface area contributed by atoms with Crippen molar-refractivity contribution in [3.8, 4) is 0 Å². The number of urea groups is 1. The van der Waals surface area contributed by atoms with Gasteiger partial charge in [0.1, 0.15) is 11.9 Å². The second kappa shape index (κ2) is 19.3. The average molecular weight is 734 g/mol. The minimum atomic E-state index is -0.958. The third kappa shape index (κ3) is 12.0. The van der Waals surface area contributed by atoms with Crippen molar-refractivity contribution in [3.05, 3.63) is 12.2 Å². The molecule has 5 unspecified atom stereocenters. The molecule has 0 aromatic carbocycles. The fourth-order valence-electron chi connectivity index (χ4n) is 6.80. The van der Waals surface area contributed by atoms with Gasteiger partial charge in [-0.05, 0) is 64.4 Å². The van der Waals surface area contributed by atoms with Gasteiger partial charge in [0.05, 0.1) is 17.5 Å². The maximum Gasteiger partial charge on any atom is 0.410 e. The highest BCUT2D eigenvalue weighted by atomic mass is 32.2. The molecule has 15 heteroatoms. The van der Waals surface area contributed by atoms with Crippen molar-refractivity contribution in [2.24, 2.45) is 5.41 Å². The highest BCUT2D eigenvalue weighted by Gasteiger charge is 2.43. The van der Waals surface area contributed by atoms with Crippen molar-refractivity contribution in [1.82, 2.24) is 25.5 Å². The molecule has 0 aromatic heterocycles. The van der Waals surface area contributed by atoms with Crippen LogP contribution in [0.2, 0.25) is 0 Å². The van der Waals surface area contributed by atoms with Crippen molar-refractivity contribution in [2.45, 2.75) is 133 Å². The first kappa shape index (κ1) is 40.2. The molecule has 0 saturated carbocycles. The van der Waals surface area contributed by atoms with Gasteiger partial charge in [-0.3, -0.25) is 19.2 Å². The monoisotopic (exact) mass is 733 g/mol. The van der Waals surface area contributed by atoms with E-state index in [1.807, 2.05) is 17.8 Å². The summed E-state index contributed by atoms with van der Waals surface area (Å²) in [7, 11) is 3.32. The number of ketones is 1. The smallest absolute Gasteiger partial charge is 0.410 e. The second-order valence-electron chi connectivity index (χ2n) is 14.5. The summed E-state index contributed by atoms with van der Waals surface area (Å²) in [6.45, 7) is 2.37. The largest absolute Gasteiger partial charge is 0.442 e. The number of allylic oxidation sites excluding steroid dienone is 1. The molecule has 0 radical (unpaired) electrons. The second-order valence-corrected chi connectivity index (χ2v) is 15.8. The van der Waals surface area contributed by atoms with Crippen molar-refractivity contribution in [2.75, 3.05) is 32.9 Å². The lowest BCUT2D eigenvalue weighted by Gasteiger charge is -2.31. The van der Waals surface area contributed by atoms with Gasteiger partial charge in [-0.15, -0.1) is 5.06 Å². The molecular weight excluding hydrogens is 678 g/mol. The number of amides is 6. The Kier molecular flexibility index (Phi) is 15.2. The van der Waals surface area contributed by atoms with E-state index in [1.54, 1.807) is 32.0 Å². The molecule has 3 saturated heterocycles. The molecule has 3 heterocycles. The molecule has 6 amide bonds. The summed E-state index contributed by atoms with van der Waals surface area (Å²) >= 11 is 1.90. The van der Waals surface area contributed by atoms with Crippen LogP contribution in [-0.4, -0.2) is 113 Å². The van der Waals surface area contributed by atoms with Gasteiger partial charge in [0.25, 0.3) is 11.8 Å². The summed E-state index contributed by atoms with van der Waals surface area (Å²) in [5.74, 6) is -0.464. The SMILES string of the molecule is CN(CCN(C)C(=O)OC1/C=C/CCC(C)(C(=O)ON2C(=O)CCC2=O)CC1)C(=O)CCCCCCC(=O)CCCCC1SCC2NC(=O)NC21. The molecule has 0 aromatic rings. The Labute approximate surface area is 305 Å². The molecule has 4 aliphatic rings. The number of carbonyl (C=O) groups is 7. The van der Waals surface area contributed by atoms with Gasteiger partial charge in [-0.1, -0.05) is 25.3 Å². The predicted molar refractivity (Wildman–Crippen MR) is 190 cm³/mol. The van der Waals surface area contributed by atoms with Crippen molar-refractivity contribution in [3.63, 3.8) is 0 Å². The average Bonchev–Trinajstić information content (AvgIpc) is 3.76. The summed E-state index contributed by atoms with van der Waals surface area (Å²) in [5.41, 5.74) is -0.958. The van der Waals surface area contributed by atoms with E-state index in [-0.39, 0.29) is 43.4 Å². The van der Waals surface area contributed by atoms with Crippen LogP contribution in [0.4, 0.5) is 9.59 Å². The quantitative estimate of drug-likeness (QED) is 0.0898. The fourth-order valence-corrected chi connectivity index (χ4v) is 8.34. The van der Waals surface area contributed by atoms with E-state index in [0.29, 0.717) is 67.6 Å². The molecule has 2 N–H and O–H groups in total. The molecular formula is C36H55N5O9S. The third-order valence-corrected chi connectivity index (χ3v) is 11.9. The zero-order valence-electron chi connectivity index (χ0n) is 30.3. The predicted octanol–water partition coefficient (Wildman–Crippen LogP) is 4.26. The first-order chi connectivity index (χ1) is 24.4. The first-order valence-electron chi connectivity index (χ1n) is 18.5. The molecule has 51 heavy (non-hydrogen) atoms. The van der Waals surface area contributed by atoms with Gasteiger partial charge in [-0.2, -0.15) is 11.8 Å². The summed E-state index contributed by atoms with van der Waals surface area (Å²) in [6, 6.07) is 0.374. The summed E-state index contributed by atoms with van der Waals surface area (Å²) in [4.78, 5) is 94.3. The zero-order valence-corrected chi connectivity index (χ0v) is 31.1. The van der Waals surface area contributed by atoms with E-state index >= 15 is 0 Å². The topological polar surface area (TPSA) is 172 Å². The standard InChI is InChI=1S/C36H55N5O9S/c1-36(33(46)50-41-30(44)17-18-31(41)45)20-11-10-14-26(19-21-36)49-35(48)40(3)23-22-39(2)29(43)16-7-5-4-6-12-25(42)13-8-9-15-28-32-27(24-51-28)37-34(47)38-32/h10,14,26-28,32H,4-9,11-13,15-24H2,1-3H3,(H2,37,38,47)/b14-10+. The highest BCUT2D eigenvalue weighted by molar-refractivity contribution is 8.00. The molecule has 4 rings (SSSR count). The number of nitrogens with one attached hydrogen (secondary N) is 2. The van der Waals surface area contributed by atoms with Gasteiger partial charge in [0, 0.05) is 70.3 Å². The van der Waals surface area contributed by atoms with Gasteiger partial charge < -0.3 is 30.0 Å². The number of ether oxygens (including phenoxy) is 1. The van der Waals surface area contributed by atoms with Gasteiger partial charge >= 0.3 is 18.1 Å². The van der Waals surface area contributed by atoms with E-state index in [9.17, 15) is 33.6 Å². The Morgan fingerprint density at radius 1 is 0.902 bits per heavy atom. The van der Waals surface area contributed by atoms with Crippen LogP contribution in [0.15, 0.2) is 12.2 Å². The number of rotatable bonds is 18. The van der Waals surface area contributed by atoms with Crippen LogP contribution in [0.3, 0.4) is 0 Å². The van der Waals surface area contributed by atoms with Gasteiger partial charge in [0.15, 0.2) is 0 Å². The van der Waals surface area contributed by atoms with Crippen LogP contribution in [0.25, 0.3) is 0 Å². The molecule has 1 aliphatic carbocycles. The van der Waals surface area contributed by atoms with Crippen LogP contribution in [0.1, 0.15) is 110 Å². The number of Topliss-reactive ketones (excluding diaryl/α,β-unsaturated/α-hetero) is 1. The van der Waals surface area contributed by atoms with E-state index < -0.39 is 35.4 Å². The van der Waals surface area contributed by atoms with E-state index in [2.05, 4.69) is 10.6 Å². The number of fused-ring (bicyclic) bond motifs is 1. The Hall–Kier alpha value is -3.62. The molecule has 0 spiro atoms. The van der Waals surface area contributed by atoms with Crippen LogP contribution in [0.5, 0.6) is 0 Å². The molecule has 0 bridgehead atoms. The Balaban J connectivity index is 1.03. The number of carbonyl (C=O) groups excluding carboxylic acids is 7. The highest BCUT2D eigenvalue weighted by Crippen LogP contribution is 2.35. The number of nitrogens with zero attached hydrogens (tertiary/aromatic N) is 3. The zero-order chi connectivity index (χ0) is 37.0. The lowest BCUT2D eigenvalue weighted by Crippen LogP contribution is -2.40. The van der Waals surface area contributed by atoms with Crippen LogP contribution >= 0.6 is 11.8 Å². The number of hydroxylamine groups is 2. The minimum Gasteiger partial charge on any atom is -0.442 e. The molecule has 14 nitrogen and oxygen atoms in total. The molecule has 5 atom stereocenters. The maximum atomic E-state index is 12.9. The van der Waals surface area contributed by atoms with E-state index in [4.69, 9.17) is 9.57 Å². The first-order valence-corrected chi connectivity index (χ1v) is 19.5. The summed E-state index contributed by atoms with van der Waals surface area (Å²) in [6.07, 6.45) is 12.1. The minimum absolute atomic E-state index is 0.000930. The van der Waals surface area contributed by atoms with Gasteiger partial charge in [0.2, 0.25) is 5.91 Å². The number of hydrogen-bond acceptors (Lipinski definition) is 10. The van der Waals surface area contributed by atoms with Crippen molar-refractivity contribution >= 4 is 53.4 Å². The van der Waals surface area contributed by atoms with E-state index in [1.165, 1.54) is 4.90 Å². The van der Waals surface area contributed by atoms with Crippen molar-refractivity contribution < 1.29 is 43.1 Å². The Bertz CT molecular complexity index is 1310. The van der Waals surface area contributed by atoms with Crippen LogP contribution in [-0.2, 0) is 33.5 Å². The lowest BCUT2D eigenvalue weighted by atomic mass is 9.79. The van der Waals surface area contributed by atoms with Gasteiger partial charge in [-0.25, -0.2) is 14.4 Å². The van der Waals surface area contributed by atoms with Crippen LogP contribution < -0.4 is 10.6 Å². The summed E-state index contributed by atoms with van der Waals surface area (Å²) < 4.78 is 5.69. The number of likely N-dealkylation sites (N-methyl/N-ethyl adjacent to an activating group) is 2. The molecule has 3 fully saturated rings. The van der Waals surface area contributed by atoms with E-state index in [0.717, 1.165) is 50.7 Å². The lowest BCUT2D eigenvalue weighted by molar-refractivity contribution is -0.205. The molecule has 3 aliphatic heterocycles. The third-order valence-electron chi connectivity index (χ3n) is 10.4.